The van der Waals surface area contributed by atoms with E-state index >= 15 is 0 Å². The van der Waals surface area contributed by atoms with Crippen LogP contribution in [0.3, 0.4) is 0 Å². The van der Waals surface area contributed by atoms with Crippen molar-refractivity contribution >= 4 is 11.8 Å². The SMILES string of the molecule is O=C(NCc1ccccc1)c1cn(C[C@@H]2CC(F)(F)CN2C(=O)C2CCC2)nn1. The number of rotatable bonds is 6. The number of nitrogens with zero attached hydrogens (tertiary/aromatic N) is 4. The van der Waals surface area contributed by atoms with E-state index in [-0.39, 0.29) is 30.0 Å². The smallest absolute Gasteiger partial charge is 0.273 e. The van der Waals surface area contributed by atoms with Crippen LogP contribution in [0.1, 0.15) is 41.7 Å². The Hall–Kier alpha value is -2.84. The summed E-state index contributed by atoms with van der Waals surface area (Å²) in [4.78, 5) is 26.1. The van der Waals surface area contributed by atoms with Gasteiger partial charge in [-0.05, 0) is 18.4 Å². The molecule has 1 aromatic carbocycles. The van der Waals surface area contributed by atoms with E-state index in [4.69, 9.17) is 0 Å². The first-order valence-corrected chi connectivity index (χ1v) is 9.82. The fraction of sp³-hybridized carbons (Fsp3) is 0.500. The third-order valence-electron chi connectivity index (χ3n) is 5.58. The van der Waals surface area contributed by atoms with Crippen LogP contribution in [-0.2, 0) is 17.9 Å². The van der Waals surface area contributed by atoms with Gasteiger partial charge in [-0.1, -0.05) is 42.0 Å². The number of hydrogen-bond donors (Lipinski definition) is 1. The van der Waals surface area contributed by atoms with Gasteiger partial charge in [0.05, 0.1) is 25.3 Å². The second-order valence-corrected chi connectivity index (χ2v) is 7.80. The molecule has 7 nitrogen and oxygen atoms in total. The molecule has 2 aromatic rings. The number of alkyl halides is 2. The molecule has 4 rings (SSSR count). The van der Waals surface area contributed by atoms with Gasteiger partial charge in [0.2, 0.25) is 5.91 Å². The lowest BCUT2D eigenvalue weighted by Gasteiger charge is -2.32. The van der Waals surface area contributed by atoms with E-state index in [0.717, 1.165) is 24.8 Å². The molecule has 2 heterocycles. The monoisotopic (exact) mass is 403 g/mol. The number of benzene rings is 1. The predicted octanol–water partition coefficient (Wildman–Crippen LogP) is 2.24. The molecule has 2 amide bonds. The van der Waals surface area contributed by atoms with Crippen molar-refractivity contribution in [3.63, 3.8) is 0 Å². The number of carbonyl (C=O) groups excluding carboxylic acids is 2. The number of halogens is 2. The molecule has 29 heavy (non-hydrogen) atoms. The van der Waals surface area contributed by atoms with Crippen molar-refractivity contribution in [2.75, 3.05) is 6.54 Å². The molecule has 1 N–H and O–H groups in total. The number of aromatic nitrogens is 3. The van der Waals surface area contributed by atoms with Gasteiger partial charge >= 0.3 is 0 Å². The summed E-state index contributed by atoms with van der Waals surface area (Å²) in [5.41, 5.74) is 1.06. The molecule has 1 aliphatic heterocycles. The Balaban J connectivity index is 1.38. The van der Waals surface area contributed by atoms with Crippen molar-refractivity contribution in [2.24, 2.45) is 5.92 Å². The Labute approximate surface area is 167 Å². The summed E-state index contributed by atoms with van der Waals surface area (Å²) in [6.07, 6.45) is 3.53. The van der Waals surface area contributed by atoms with Gasteiger partial charge in [0.25, 0.3) is 11.8 Å². The second kappa shape index (κ2) is 7.88. The van der Waals surface area contributed by atoms with Gasteiger partial charge in [0.1, 0.15) is 0 Å². The van der Waals surface area contributed by atoms with Gasteiger partial charge < -0.3 is 10.2 Å². The highest BCUT2D eigenvalue weighted by molar-refractivity contribution is 5.91. The molecule has 0 unspecified atom stereocenters. The minimum atomic E-state index is -2.90. The van der Waals surface area contributed by atoms with E-state index in [1.54, 1.807) is 0 Å². The van der Waals surface area contributed by atoms with Crippen LogP contribution in [0.25, 0.3) is 0 Å². The Kier molecular flexibility index (Phi) is 5.29. The maximum atomic E-state index is 14.0. The van der Waals surface area contributed by atoms with E-state index < -0.39 is 24.9 Å². The normalized spacial score (nSPS) is 21.0. The topological polar surface area (TPSA) is 80.1 Å². The predicted molar refractivity (Wildman–Crippen MR) is 100 cm³/mol. The third-order valence-corrected chi connectivity index (χ3v) is 5.58. The largest absolute Gasteiger partial charge is 0.347 e. The Morgan fingerprint density at radius 2 is 1.97 bits per heavy atom. The first-order chi connectivity index (χ1) is 13.9. The zero-order valence-corrected chi connectivity index (χ0v) is 15.9. The zero-order valence-electron chi connectivity index (χ0n) is 15.9. The number of amides is 2. The molecule has 1 atom stereocenters. The van der Waals surface area contributed by atoms with Gasteiger partial charge in [-0.25, -0.2) is 13.5 Å². The maximum Gasteiger partial charge on any atom is 0.273 e. The summed E-state index contributed by atoms with van der Waals surface area (Å²) >= 11 is 0. The van der Waals surface area contributed by atoms with Gasteiger partial charge in [0, 0.05) is 18.9 Å². The van der Waals surface area contributed by atoms with E-state index in [1.807, 2.05) is 30.3 Å². The van der Waals surface area contributed by atoms with E-state index in [2.05, 4.69) is 15.6 Å². The molecular weight excluding hydrogens is 380 g/mol. The summed E-state index contributed by atoms with van der Waals surface area (Å²) in [5.74, 6) is -3.62. The van der Waals surface area contributed by atoms with Crippen LogP contribution in [0.4, 0.5) is 8.78 Å². The van der Waals surface area contributed by atoms with Crippen molar-refractivity contribution in [3.8, 4) is 0 Å². The van der Waals surface area contributed by atoms with Crippen molar-refractivity contribution < 1.29 is 18.4 Å². The van der Waals surface area contributed by atoms with E-state index in [1.165, 1.54) is 15.8 Å². The fourth-order valence-electron chi connectivity index (χ4n) is 3.78. The Morgan fingerprint density at radius 3 is 2.66 bits per heavy atom. The summed E-state index contributed by atoms with van der Waals surface area (Å²) in [7, 11) is 0. The first-order valence-electron chi connectivity index (χ1n) is 9.82. The van der Waals surface area contributed by atoms with Crippen LogP contribution in [0, 0.1) is 5.92 Å². The Morgan fingerprint density at radius 1 is 1.21 bits per heavy atom. The lowest BCUT2D eigenvalue weighted by atomic mass is 9.84. The maximum absolute atomic E-state index is 14.0. The molecule has 0 spiro atoms. The van der Waals surface area contributed by atoms with Crippen molar-refractivity contribution in [1.82, 2.24) is 25.2 Å². The standard InChI is InChI=1S/C20H23F2N5O2/c21-20(22)9-16(27(13-20)19(29)15-7-4-8-15)11-26-12-17(24-25-26)18(28)23-10-14-5-2-1-3-6-14/h1-3,5-6,12,15-16H,4,7-11,13H2,(H,23,28)/t16-/m0/s1. The summed E-state index contributed by atoms with van der Waals surface area (Å²) < 4.78 is 29.3. The zero-order chi connectivity index (χ0) is 20.4. The average Bonchev–Trinajstić information content (AvgIpc) is 3.23. The molecule has 1 aromatic heterocycles. The summed E-state index contributed by atoms with van der Waals surface area (Å²) in [5, 5.41) is 10.5. The van der Waals surface area contributed by atoms with E-state index in [9.17, 15) is 18.4 Å². The highest BCUT2D eigenvalue weighted by Gasteiger charge is 2.48. The fourth-order valence-corrected chi connectivity index (χ4v) is 3.78. The van der Waals surface area contributed by atoms with Crippen molar-refractivity contribution in [1.29, 1.82) is 0 Å². The molecule has 0 bridgehead atoms. The highest BCUT2D eigenvalue weighted by atomic mass is 19.3. The summed E-state index contributed by atoms with van der Waals surface area (Å²) in [6, 6.07) is 8.79. The molecule has 154 valence electrons. The number of hydrogen-bond acceptors (Lipinski definition) is 4. The van der Waals surface area contributed by atoms with Gasteiger partial charge in [-0.15, -0.1) is 5.10 Å². The van der Waals surface area contributed by atoms with Crippen LogP contribution < -0.4 is 5.32 Å². The lowest BCUT2D eigenvalue weighted by Crippen LogP contribution is -2.44. The lowest BCUT2D eigenvalue weighted by molar-refractivity contribution is -0.140. The number of nitrogens with one attached hydrogen (secondary N) is 1. The first kappa shape index (κ1) is 19.5. The third kappa shape index (κ3) is 4.44. The second-order valence-electron chi connectivity index (χ2n) is 7.80. The van der Waals surface area contributed by atoms with Crippen LogP contribution in [0.15, 0.2) is 36.5 Å². The van der Waals surface area contributed by atoms with E-state index in [0.29, 0.717) is 6.54 Å². The van der Waals surface area contributed by atoms with Crippen LogP contribution >= 0.6 is 0 Å². The van der Waals surface area contributed by atoms with Crippen molar-refractivity contribution in [2.45, 2.75) is 50.7 Å². The number of likely N-dealkylation sites (tertiary alicyclic amines) is 1. The molecule has 1 aliphatic carbocycles. The molecule has 2 fully saturated rings. The van der Waals surface area contributed by atoms with Gasteiger partial charge in [-0.2, -0.15) is 0 Å². The van der Waals surface area contributed by atoms with Gasteiger partial charge in [0.15, 0.2) is 5.69 Å². The minimum Gasteiger partial charge on any atom is -0.347 e. The molecular formula is C20H23F2N5O2. The minimum absolute atomic E-state index is 0.0903. The van der Waals surface area contributed by atoms with Crippen LogP contribution in [0.2, 0.25) is 0 Å². The van der Waals surface area contributed by atoms with Crippen LogP contribution in [-0.4, -0.2) is 50.2 Å². The molecule has 0 radical (unpaired) electrons. The molecule has 2 aliphatic rings. The van der Waals surface area contributed by atoms with Gasteiger partial charge in [-0.3, -0.25) is 9.59 Å². The average molecular weight is 403 g/mol. The van der Waals surface area contributed by atoms with Crippen molar-refractivity contribution in [3.05, 3.63) is 47.8 Å². The molecule has 1 saturated carbocycles. The quantitative estimate of drug-likeness (QED) is 0.802. The van der Waals surface area contributed by atoms with Crippen LogP contribution in [0.5, 0.6) is 0 Å². The Bertz CT molecular complexity index is 882. The summed E-state index contributed by atoms with van der Waals surface area (Å²) in [6.45, 7) is -0.107. The highest BCUT2D eigenvalue weighted by Crippen LogP contribution is 2.37. The molecule has 9 heteroatoms. The number of carbonyl (C=O) groups is 2. The molecule has 1 saturated heterocycles.